The van der Waals surface area contributed by atoms with Crippen molar-refractivity contribution in [1.29, 1.82) is 0 Å². The molecule has 0 radical (unpaired) electrons. The number of piperidine rings is 1. The van der Waals surface area contributed by atoms with Crippen LogP contribution in [0.3, 0.4) is 0 Å². The van der Waals surface area contributed by atoms with Crippen LogP contribution in [-0.2, 0) is 10.0 Å². The molecule has 0 bridgehead atoms. The van der Waals surface area contributed by atoms with Crippen LogP contribution in [-0.4, -0.2) is 49.1 Å². The lowest BCUT2D eigenvalue weighted by Crippen LogP contribution is -2.46. The van der Waals surface area contributed by atoms with E-state index in [4.69, 9.17) is 4.42 Å². The highest BCUT2D eigenvalue weighted by Gasteiger charge is 2.26. The number of amides is 1. The second kappa shape index (κ2) is 6.52. The Hall–Kier alpha value is -1.93. The van der Waals surface area contributed by atoms with Crippen LogP contribution in [0.1, 0.15) is 36.0 Å². The van der Waals surface area contributed by atoms with Gasteiger partial charge in [0.2, 0.25) is 10.0 Å². The van der Waals surface area contributed by atoms with Gasteiger partial charge >= 0.3 is 0 Å². The Labute approximate surface area is 141 Å². The van der Waals surface area contributed by atoms with Gasteiger partial charge in [-0.05, 0) is 38.0 Å². The molecule has 3 rings (SSSR count). The smallest absolute Gasteiger partial charge is 0.253 e. The predicted molar refractivity (Wildman–Crippen MR) is 90.3 cm³/mol. The Kier molecular flexibility index (Phi) is 4.60. The Morgan fingerprint density at radius 3 is 2.75 bits per heavy atom. The van der Waals surface area contributed by atoms with Gasteiger partial charge in [-0.3, -0.25) is 4.79 Å². The highest BCUT2D eigenvalue weighted by atomic mass is 32.2. The van der Waals surface area contributed by atoms with Crippen LogP contribution in [0.15, 0.2) is 22.6 Å². The number of benzene rings is 1. The maximum absolute atomic E-state index is 12.6. The van der Waals surface area contributed by atoms with E-state index in [1.54, 1.807) is 36.9 Å². The summed E-state index contributed by atoms with van der Waals surface area (Å²) in [5.41, 5.74) is 1.90. The lowest BCUT2D eigenvalue weighted by molar-refractivity contribution is 0.0711. The zero-order valence-electron chi connectivity index (χ0n) is 13.8. The minimum atomic E-state index is -3.20. The molecule has 24 heavy (non-hydrogen) atoms. The van der Waals surface area contributed by atoms with E-state index < -0.39 is 10.0 Å². The standard InChI is InChI=1S/C16H21N3O4S/c1-3-24(21,22)18-13-6-8-19(9-7-13)16(20)12-4-5-14-15(10-12)23-11(2)17-14/h4-5,10,13,18H,3,6-9H2,1-2H3. The van der Waals surface area contributed by atoms with Crippen molar-refractivity contribution < 1.29 is 17.6 Å². The molecule has 8 heteroatoms. The van der Waals surface area contributed by atoms with E-state index in [0.717, 1.165) is 5.52 Å². The normalized spacial score (nSPS) is 16.7. The lowest BCUT2D eigenvalue weighted by atomic mass is 10.0. The Bertz CT molecular complexity index is 851. The molecule has 1 aromatic heterocycles. The third kappa shape index (κ3) is 3.59. The average molecular weight is 351 g/mol. The second-order valence-electron chi connectivity index (χ2n) is 6.00. The summed E-state index contributed by atoms with van der Waals surface area (Å²) in [6.07, 6.45) is 1.24. The second-order valence-corrected chi connectivity index (χ2v) is 8.05. The summed E-state index contributed by atoms with van der Waals surface area (Å²) >= 11 is 0. The molecule has 1 saturated heterocycles. The quantitative estimate of drug-likeness (QED) is 0.905. The van der Waals surface area contributed by atoms with Gasteiger partial charge in [-0.15, -0.1) is 0 Å². The molecule has 0 aliphatic carbocycles. The largest absolute Gasteiger partial charge is 0.441 e. The van der Waals surface area contributed by atoms with Gasteiger partial charge in [0.05, 0.1) is 5.75 Å². The molecule has 130 valence electrons. The van der Waals surface area contributed by atoms with Crippen molar-refractivity contribution in [2.24, 2.45) is 0 Å². The van der Waals surface area contributed by atoms with E-state index in [2.05, 4.69) is 9.71 Å². The zero-order chi connectivity index (χ0) is 17.3. The fourth-order valence-corrected chi connectivity index (χ4v) is 3.80. The minimum absolute atomic E-state index is 0.0669. The van der Waals surface area contributed by atoms with Crippen molar-refractivity contribution in [1.82, 2.24) is 14.6 Å². The van der Waals surface area contributed by atoms with Crippen molar-refractivity contribution in [3.05, 3.63) is 29.7 Å². The van der Waals surface area contributed by atoms with Gasteiger partial charge in [-0.2, -0.15) is 0 Å². The van der Waals surface area contributed by atoms with Crippen LogP contribution >= 0.6 is 0 Å². The van der Waals surface area contributed by atoms with Gasteiger partial charge in [0, 0.05) is 31.6 Å². The van der Waals surface area contributed by atoms with Gasteiger partial charge in [0.25, 0.3) is 5.91 Å². The number of nitrogens with one attached hydrogen (secondary N) is 1. The summed E-state index contributed by atoms with van der Waals surface area (Å²) in [4.78, 5) is 18.6. The third-order valence-electron chi connectivity index (χ3n) is 4.25. The average Bonchev–Trinajstić information content (AvgIpc) is 2.93. The van der Waals surface area contributed by atoms with Crippen molar-refractivity contribution in [3.63, 3.8) is 0 Å². The maximum atomic E-state index is 12.6. The summed E-state index contributed by atoms with van der Waals surface area (Å²) in [6, 6.07) is 5.14. The molecule has 0 saturated carbocycles. The molecule has 0 unspecified atom stereocenters. The molecular formula is C16H21N3O4S. The molecular weight excluding hydrogens is 330 g/mol. The molecule has 1 aliphatic rings. The lowest BCUT2D eigenvalue weighted by Gasteiger charge is -2.32. The van der Waals surface area contributed by atoms with E-state index >= 15 is 0 Å². The Morgan fingerprint density at radius 1 is 1.38 bits per heavy atom. The number of sulfonamides is 1. The summed E-state index contributed by atoms with van der Waals surface area (Å²) in [7, 11) is -3.20. The fraction of sp³-hybridized carbons (Fsp3) is 0.500. The van der Waals surface area contributed by atoms with Crippen LogP contribution in [0.25, 0.3) is 11.1 Å². The van der Waals surface area contributed by atoms with E-state index in [0.29, 0.717) is 43.0 Å². The van der Waals surface area contributed by atoms with Gasteiger partial charge < -0.3 is 9.32 Å². The first kappa shape index (κ1) is 16.9. The van der Waals surface area contributed by atoms with Crippen molar-refractivity contribution in [3.8, 4) is 0 Å². The van der Waals surface area contributed by atoms with E-state index in [1.807, 2.05) is 0 Å². The number of aryl methyl sites for hydroxylation is 1. The zero-order valence-corrected chi connectivity index (χ0v) is 14.6. The monoisotopic (exact) mass is 351 g/mol. The molecule has 2 heterocycles. The summed E-state index contributed by atoms with van der Waals surface area (Å²) in [5.74, 6) is 0.573. The molecule has 7 nitrogen and oxygen atoms in total. The molecule has 1 fully saturated rings. The summed E-state index contributed by atoms with van der Waals surface area (Å²) in [6.45, 7) is 4.44. The third-order valence-corrected chi connectivity index (χ3v) is 5.70. The highest BCUT2D eigenvalue weighted by molar-refractivity contribution is 7.89. The molecule has 0 spiro atoms. The number of hydrogen-bond donors (Lipinski definition) is 1. The van der Waals surface area contributed by atoms with Crippen LogP contribution in [0.2, 0.25) is 0 Å². The summed E-state index contributed by atoms with van der Waals surface area (Å²) < 4.78 is 31.4. The molecule has 1 aliphatic heterocycles. The number of carbonyl (C=O) groups is 1. The minimum Gasteiger partial charge on any atom is -0.441 e. The van der Waals surface area contributed by atoms with Crippen LogP contribution in [0, 0.1) is 6.92 Å². The van der Waals surface area contributed by atoms with Crippen LogP contribution in [0.5, 0.6) is 0 Å². The molecule has 1 N–H and O–H groups in total. The number of rotatable bonds is 4. The van der Waals surface area contributed by atoms with E-state index in [-0.39, 0.29) is 17.7 Å². The van der Waals surface area contributed by atoms with Gasteiger partial charge in [0.15, 0.2) is 11.5 Å². The number of likely N-dealkylation sites (tertiary alicyclic amines) is 1. The topological polar surface area (TPSA) is 92.5 Å². The fourth-order valence-electron chi connectivity index (χ4n) is 2.89. The van der Waals surface area contributed by atoms with Gasteiger partial charge in [-0.1, -0.05) is 0 Å². The van der Waals surface area contributed by atoms with Gasteiger partial charge in [0.1, 0.15) is 5.52 Å². The number of nitrogens with zero attached hydrogens (tertiary/aromatic N) is 2. The van der Waals surface area contributed by atoms with Crippen molar-refractivity contribution in [2.45, 2.75) is 32.7 Å². The SMILES string of the molecule is CCS(=O)(=O)NC1CCN(C(=O)c2ccc3nc(C)oc3c2)CC1. The first-order valence-corrected chi connectivity index (χ1v) is 9.69. The number of aromatic nitrogens is 1. The maximum Gasteiger partial charge on any atom is 0.253 e. The number of fused-ring (bicyclic) bond motifs is 1. The van der Waals surface area contributed by atoms with Gasteiger partial charge in [-0.25, -0.2) is 18.1 Å². The van der Waals surface area contributed by atoms with E-state index in [9.17, 15) is 13.2 Å². The Balaban J connectivity index is 1.66. The first-order chi connectivity index (χ1) is 11.4. The van der Waals surface area contributed by atoms with Crippen LogP contribution in [0.4, 0.5) is 0 Å². The van der Waals surface area contributed by atoms with Crippen LogP contribution < -0.4 is 4.72 Å². The molecule has 1 aromatic carbocycles. The van der Waals surface area contributed by atoms with Crippen molar-refractivity contribution >= 4 is 27.0 Å². The van der Waals surface area contributed by atoms with Crippen molar-refractivity contribution in [2.75, 3.05) is 18.8 Å². The number of hydrogen-bond acceptors (Lipinski definition) is 5. The van der Waals surface area contributed by atoms with E-state index in [1.165, 1.54) is 0 Å². The predicted octanol–water partition coefficient (Wildman–Crippen LogP) is 1.68. The molecule has 1 amide bonds. The molecule has 0 atom stereocenters. The molecule has 2 aromatic rings. The number of carbonyl (C=O) groups excluding carboxylic acids is 1. The summed E-state index contributed by atoms with van der Waals surface area (Å²) in [5, 5.41) is 0. The first-order valence-electron chi connectivity index (χ1n) is 8.04. The number of oxazole rings is 1. The highest BCUT2D eigenvalue weighted by Crippen LogP contribution is 2.20. The Morgan fingerprint density at radius 2 is 2.08 bits per heavy atom.